The highest BCUT2D eigenvalue weighted by Crippen LogP contribution is 2.33. The van der Waals surface area contributed by atoms with Crippen molar-refractivity contribution in [2.75, 3.05) is 17.6 Å². The molecule has 0 saturated heterocycles. The maximum atomic E-state index is 6.06. The Morgan fingerprint density at radius 3 is 2.61 bits per heavy atom. The summed E-state index contributed by atoms with van der Waals surface area (Å²) in [6.45, 7) is 3.12. The molecule has 0 atom stereocenters. The SMILES string of the molecule is CCCCCNc1ccc(N)cc1-c1nc2cc(-c3ccccc3)ccc2o1. The van der Waals surface area contributed by atoms with Crippen molar-refractivity contribution >= 4 is 22.5 Å². The minimum atomic E-state index is 0.588. The normalized spacial score (nSPS) is 11.0. The molecule has 28 heavy (non-hydrogen) atoms. The summed E-state index contributed by atoms with van der Waals surface area (Å²) in [6.07, 6.45) is 3.54. The summed E-state index contributed by atoms with van der Waals surface area (Å²) < 4.78 is 6.06. The number of hydrogen-bond donors (Lipinski definition) is 2. The fraction of sp³-hybridized carbons (Fsp3) is 0.208. The zero-order valence-corrected chi connectivity index (χ0v) is 16.1. The second-order valence-corrected chi connectivity index (χ2v) is 7.01. The Bertz CT molecular complexity index is 1070. The third kappa shape index (κ3) is 3.86. The zero-order valence-electron chi connectivity index (χ0n) is 16.1. The van der Waals surface area contributed by atoms with Gasteiger partial charge in [-0.25, -0.2) is 4.98 Å². The number of hydrogen-bond acceptors (Lipinski definition) is 4. The minimum absolute atomic E-state index is 0.588. The van der Waals surface area contributed by atoms with Gasteiger partial charge in [-0.05, 0) is 47.9 Å². The van der Waals surface area contributed by atoms with Crippen LogP contribution in [0.1, 0.15) is 26.2 Å². The fourth-order valence-corrected chi connectivity index (χ4v) is 3.34. The predicted molar refractivity (Wildman–Crippen MR) is 117 cm³/mol. The molecule has 0 aliphatic rings. The molecule has 3 N–H and O–H groups in total. The number of anilines is 2. The van der Waals surface area contributed by atoms with Crippen molar-refractivity contribution in [2.45, 2.75) is 26.2 Å². The van der Waals surface area contributed by atoms with Gasteiger partial charge < -0.3 is 15.5 Å². The van der Waals surface area contributed by atoms with Crippen LogP contribution >= 0.6 is 0 Å². The largest absolute Gasteiger partial charge is 0.436 e. The molecule has 4 heteroatoms. The lowest BCUT2D eigenvalue weighted by Crippen LogP contribution is -2.03. The van der Waals surface area contributed by atoms with Crippen LogP contribution in [0.2, 0.25) is 0 Å². The van der Waals surface area contributed by atoms with Crippen molar-refractivity contribution in [1.29, 1.82) is 0 Å². The number of oxazole rings is 1. The molecule has 0 fully saturated rings. The topological polar surface area (TPSA) is 64.1 Å². The van der Waals surface area contributed by atoms with E-state index >= 15 is 0 Å². The van der Waals surface area contributed by atoms with Crippen LogP contribution in [-0.4, -0.2) is 11.5 Å². The number of nitrogens with two attached hydrogens (primary N) is 1. The number of rotatable bonds is 7. The van der Waals surface area contributed by atoms with Crippen molar-refractivity contribution in [3.8, 4) is 22.6 Å². The predicted octanol–water partition coefficient (Wildman–Crippen LogP) is 6.35. The number of nitrogen functional groups attached to an aromatic ring is 1. The van der Waals surface area contributed by atoms with Crippen molar-refractivity contribution in [3.63, 3.8) is 0 Å². The Morgan fingerprint density at radius 2 is 1.79 bits per heavy atom. The molecule has 142 valence electrons. The van der Waals surface area contributed by atoms with E-state index < -0.39 is 0 Å². The highest BCUT2D eigenvalue weighted by atomic mass is 16.3. The molecule has 4 rings (SSSR count). The lowest BCUT2D eigenvalue weighted by atomic mass is 10.1. The summed E-state index contributed by atoms with van der Waals surface area (Å²) in [5.74, 6) is 0.588. The molecule has 1 aromatic heterocycles. The van der Waals surface area contributed by atoms with Gasteiger partial charge in [-0.1, -0.05) is 56.2 Å². The van der Waals surface area contributed by atoms with Gasteiger partial charge in [-0.3, -0.25) is 0 Å². The van der Waals surface area contributed by atoms with E-state index in [4.69, 9.17) is 15.1 Å². The van der Waals surface area contributed by atoms with Gasteiger partial charge in [0.15, 0.2) is 5.58 Å². The van der Waals surface area contributed by atoms with Gasteiger partial charge in [0.05, 0.1) is 5.56 Å². The summed E-state index contributed by atoms with van der Waals surface area (Å²) in [7, 11) is 0. The molecule has 0 aliphatic carbocycles. The zero-order chi connectivity index (χ0) is 19.3. The van der Waals surface area contributed by atoms with Gasteiger partial charge in [0, 0.05) is 17.9 Å². The second kappa shape index (κ2) is 8.17. The van der Waals surface area contributed by atoms with E-state index in [1.165, 1.54) is 12.8 Å². The van der Waals surface area contributed by atoms with Gasteiger partial charge in [-0.15, -0.1) is 0 Å². The number of fused-ring (bicyclic) bond motifs is 1. The maximum absolute atomic E-state index is 6.06. The first kappa shape index (κ1) is 18.1. The molecular formula is C24H25N3O. The van der Waals surface area contributed by atoms with Crippen LogP contribution in [0, 0.1) is 0 Å². The standard InChI is InChI=1S/C24H25N3O/c1-2-3-7-14-26-21-12-11-19(25)16-20(21)24-27-22-15-18(10-13-23(22)28-24)17-8-5-4-6-9-17/h4-6,8-13,15-16,26H,2-3,7,14,25H2,1H3. The Hall–Kier alpha value is -3.27. The minimum Gasteiger partial charge on any atom is -0.436 e. The van der Waals surface area contributed by atoms with Gasteiger partial charge in [0.2, 0.25) is 5.89 Å². The van der Waals surface area contributed by atoms with Crippen molar-refractivity contribution in [1.82, 2.24) is 4.98 Å². The number of benzene rings is 3. The Kier molecular flexibility index (Phi) is 5.29. The molecule has 0 radical (unpaired) electrons. The number of nitrogens with one attached hydrogen (secondary N) is 1. The van der Waals surface area contributed by atoms with Gasteiger partial charge in [0.25, 0.3) is 0 Å². The molecule has 0 aliphatic heterocycles. The molecular weight excluding hydrogens is 346 g/mol. The summed E-state index contributed by atoms with van der Waals surface area (Å²) in [6, 6.07) is 22.2. The van der Waals surface area contributed by atoms with Crippen LogP contribution < -0.4 is 11.1 Å². The highest BCUT2D eigenvalue weighted by molar-refractivity contribution is 5.85. The van der Waals surface area contributed by atoms with E-state index in [0.717, 1.165) is 46.4 Å². The maximum Gasteiger partial charge on any atom is 0.229 e. The third-order valence-electron chi connectivity index (χ3n) is 4.86. The summed E-state index contributed by atoms with van der Waals surface area (Å²) in [4.78, 5) is 4.75. The van der Waals surface area contributed by atoms with Crippen LogP contribution in [0.3, 0.4) is 0 Å². The summed E-state index contributed by atoms with van der Waals surface area (Å²) in [5, 5.41) is 3.50. The molecule has 4 nitrogen and oxygen atoms in total. The second-order valence-electron chi connectivity index (χ2n) is 7.01. The Balaban J connectivity index is 1.68. The van der Waals surface area contributed by atoms with Crippen LogP contribution in [0.15, 0.2) is 71.1 Å². The number of unbranched alkanes of at least 4 members (excludes halogenated alkanes) is 2. The van der Waals surface area contributed by atoms with Gasteiger partial charge >= 0.3 is 0 Å². The van der Waals surface area contributed by atoms with E-state index in [1.807, 2.05) is 42.5 Å². The van der Waals surface area contributed by atoms with Crippen LogP contribution in [0.5, 0.6) is 0 Å². The summed E-state index contributed by atoms with van der Waals surface area (Å²) >= 11 is 0. The third-order valence-corrected chi connectivity index (χ3v) is 4.86. The summed E-state index contributed by atoms with van der Waals surface area (Å²) in [5.41, 5.74) is 12.5. The smallest absolute Gasteiger partial charge is 0.229 e. The van der Waals surface area contributed by atoms with Crippen molar-refractivity contribution in [3.05, 3.63) is 66.7 Å². The van der Waals surface area contributed by atoms with Gasteiger partial charge in [-0.2, -0.15) is 0 Å². The Morgan fingerprint density at radius 1 is 0.929 bits per heavy atom. The lowest BCUT2D eigenvalue weighted by molar-refractivity contribution is 0.620. The molecule has 0 saturated carbocycles. The van der Waals surface area contributed by atoms with Crippen LogP contribution in [-0.2, 0) is 0 Å². The average Bonchev–Trinajstić information content (AvgIpc) is 3.16. The van der Waals surface area contributed by atoms with Gasteiger partial charge in [0.1, 0.15) is 5.52 Å². The first-order valence-electron chi connectivity index (χ1n) is 9.84. The number of nitrogens with zero attached hydrogens (tertiary/aromatic N) is 1. The number of aromatic nitrogens is 1. The first-order valence-corrected chi connectivity index (χ1v) is 9.84. The molecule has 3 aromatic carbocycles. The molecule has 0 amide bonds. The van der Waals surface area contributed by atoms with E-state index in [9.17, 15) is 0 Å². The van der Waals surface area contributed by atoms with Crippen molar-refractivity contribution < 1.29 is 4.42 Å². The first-order chi connectivity index (χ1) is 13.7. The lowest BCUT2D eigenvalue weighted by Gasteiger charge is -2.10. The van der Waals surface area contributed by atoms with Crippen molar-refractivity contribution in [2.24, 2.45) is 0 Å². The highest BCUT2D eigenvalue weighted by Gasteiger charge is 2.14. The fourth-order valence-electron chi connectivity index (χ4n) is 3.34. The quantitative estimate of drug-likeness (QED) is 0.294. The Labute approximate surface area is 165 Å². The monoisotopic (exact) mass is 371 g/mol. The van der Waals surface area contributed by atoms with E-state index in [1.54, 1.807) is 0 Å². The molecule has 0 unspecified atom stereocenters. The van der Waals surface area contributed by atoms with E-state index in [2.05, 4.69) is 36.5 Å². The van der Waals surface area contributed by atoms with E-state index in [-0.39, 0.29) is 0 Å². The average molecular weight is 371 g/mol. The molecule has 1 heterocycles. The van der Waals surface area contributed by atoms with Crippen LogP contribution in [0.25, 0.3) is 33.7 Å². The van der Waals surface area contributed by atoms with E-state index in [0.29, 0.717) is 11.6 Å². The molecule has 4 aromatic rings. The van der Waals surface area contributed by atoms with Crippen LogP contribution in [0.4, 0.5) is 11.4 Å². The molecule has 0 bridgehead atoms. The molecule has 0 spiro atoms.